The van der Waals surface area contributed by atoms with Gasteiger partial charge in [-0.25, -0.2) is 0 Å². The Hall–Kier alpha value is -0.0800. The minimum absolute atomic E-state index is 0.672. The topological polar surface area (TPSA) is 15.3 Å². The Kier molecular flexibility index (Phi) is 6.83. The maximum absolute atomic E-state index is 3.82. The zero-order chi connectivity index (χ0) is 14.3. The van der Waals surface area contributed by atoms with Crippen LogP contribution in [0.1, 0.15) is 78.1 Å². The summed E-state index contributed by atoms with van der Waals surface area (Å²) >= 11 is 0. The Morgan fingerprint density at radius 3 is 2.10 bits per heavy atom. The van der Waals surface area contributed by atoms with E-state index in [4.69, 9.17) is 0 Å². The Labute approximate surface area is 126 Å². The zero-order valence-corrected chi connectivity index (χ0v) is 13.9. The summed E-state index contributed by atoms with van der Waals surface area (Å²) in [5.74, 6) is 0. The molecule has 0 unspecified atom stereocenters. The number of likely N-dealkylation sites (tertiary alicyclic amines) is 1. The van der Waals surface area contributed by atoms with Gasteiger partial charge in [0.05, 0.1) is 0 Å². The van der Waals surface area contributed by atoms with Gasteiger partial charge in [-0.15, -0.1) is 0 Å². The molecule has 2 nitrogen and oxygen atoms in total. The Bertz CT molecular complexity index is 242. The summed E-state index contributed by atoms with van der Waals surface area (Å²) in [5, 5.41) is 3.82. The van der Waals surface area contributed by atoms with Crippen molar-refractivity contribution >= 4 is 0 Å². The molecule has 0 aromatic carbocycles. The van der Waals surface area contributed by atoms with Gasteiger partial charge in [-0.05, 0) is 44.2 Å². The lowest BCUT2D eigenvalue weighted by molar-refractivity contribution is 0.0954. The molecule has 1 saturated carbocycles. The van der Waals surface area contributed by atoms with Crippen molar-refractivity contribution in [1.29, 1.82) is 0 Å². The van der Waals surface area contributed by atoms with Crippen LogP contribution in [0.3, 0.4) is 0 Å². The lowest BCUT2D eigenvalue weighted by Crippen LogP contribution is -2.43. The highest BCUT2D eigenvalue weighted by Crippen LogP contribution is 2.37. The lowest BCUT2D eigenvalue weighted by Gasteiger charge is -2.41. The molecule has 1 saturated heterocycles. The summed E-state index contributed by atoms with van der Waals surface area (Å²) in [6.07, 6.45) is 14.2. The van der Waals surface area contributed by atoms with E-state index in [1.54, 1.807) is 0 Å². The number of nitrogens with zero attached hydrogens (tertiary/aromatic N) is 1. The largest absolute Gasteiger partial charge is 0.313 e. The highest BCUT2D eigenvalue weighted by molar-refractivity contribution is 4.84. The van der Waals surface area contributed by atoms with Crippen LogP contribution in [0.5, 0.6) is 0 Å². The SMILES string of the molecule is CCC1(CC)CCN(CCNC2CCCCCC2)CC1. The molecule has 118 valence electrons. The molecule has 0 spiro atoms. The molecule has 0 aromatic rings. The average Bonchev–Trinajstić information content (AvgIpc) is 2.77. The van der Waals surface area contributed by atoms with Gasteiger partial charge in [-0.3, -0.25) is 0 Å². The molecule has 2 aliphatic rings. The smallest absolute Gasteiger partial charge is 0.0107 e. The molecule has 1 N–H and O–H groups in total. The Balaban J connectivity index is 1.61. The summed E-state index contributed by atoms with van der Waals surface area (Å²) in [5.41, 5.74) is 0.672. The number of rotatable bonds is 6. The minimum Gasteiger partial charge on any atom is -0.313 e. The summed E-state index contributed by atoms with van der Waals surface area (Å²) in [7, 11) is 0. The number of hydrogen-bond acceptors (Lipinski definition) is 2. The molecule has 1 aliphatic carbocycles. The van der Waals surface area contributed by atoms with Gasteiger partial charge in [0.15, 0.2) is 0 Å². The molecule has 1 aliphatic heterocycles. The molecule has 0 atom stereocenters. The molecule has 0 radical (unpaired) electrons. The maximum atomic E-state index is 3.82. The van der Waals surface area contributed by atoms with Crippen molar-refractivity contribution in [2.24, 2.45) is 5.41 Å². The molecule has 0 aromatic heterocycles. The maximum Gasteiger partial charge on any atom is 0.0107 e. The predicted molar refractivity (Wildman–Crippen MR) is 88.2 cm³/mol. The van der Waals surface area contributed by atoms with Gasteiger partial charge < -0.3 is 10.2 Å². The lowest BCUT2D eigenvalue weighted by atomic mass is 9.74. The van der Waals surface area contributed by atoms with Gasteiger partial charge in [0.25, 0.3) is 0 Å². The first-order valence-electron chi connectivity index (χ1n) is 9.24. The van der Waals surface area contributed by atoms with Crippen LogP contribution in [0.15, 0.2) is 0 Å². The summed E-state index contributed by atoms with van der Waals surface area (Å²) in [6.45, 7) is 9.89. The highest BCUT2D eigenvalue weighted by atomic mass is 15.1. The molecular weight excluding hydrogens is 244 g/mol. The fourth-order valence-corrected chi connectivity index (χ4v) is 4.12. The van der Waals surface area contributed by atoms with Crippen molar-refractivity contribution in [3.8, 4) is 0 Å². The van der Waals surface area contributed by atoms with E-state index in [2.05, 4.69) is 24.1 Å². The standard InChI is InChI=1S/C18H36N2/c1-3-18(4-2)11-14-20(15-12-18)16-13-19-17-9-7-5-6-8-10-17/h17,19H,3-16H2,1-2H3. The van der Waals surface area contributed by atoms with E-state index in [-0.39, 0.29) is 0 Å². The Morgan fingerprint density at radius 1 is 0.950 bits per heavy atom. The van der Waals surface area contributed by atoms with Crippen LogP contribution in [0.2, 0.25) is 0 Å². The monoisotopic (exact) mass is 280 g/mol. The predicted octanol–water partition coefficient (Wildman–Crippen LogP) is 4.20. The third-order valence-corrected chi connectivity index (χ3v) is 6.13. The second-order valence-electron chi connectivity index (χ2n) is 7.19. The van der Waals surface area contributed by atoms with Crippen LogP contribution in [0.4, 0.5) is 0 Å². The Morgan fingerprint density at radius 2 is 1.55 bits per heavy atom. The van der Waals surface area contributed by atoms with Gasteiger partial charge in [0, 0.05) is 19.1 Å². The zero-order valence-electron chi connectivity index (χ0n) is 13.9. The van der Waals surface area contributed by atoms with E-state index >= 15 is 0 Å². The molecule has 2 rings (SSSR count). The summed E-state index contributed by atoms with van der Waals surface area (Å²) in [6, 6.07) is 0.813. The first-order chi connectivity index (χ1) is 9.78. The van der Waals surface area contributed by atoms with E-state index in [1.165, 1.54) is 90.4 Å². The molecule has 20 heavy (non-hydrogen) atoms. The second-order valence-corrected chi connectivity index (χ2v) is 7.19. The number of hydrogen-bond donors (Lipinski definition) is 1. The van der Waals surface area contributed by atoms with Crippen molar-refractivity contribution in [2.45, 2.75) is 84.1 Å². The second kappa shape index (κ2) is 8.38. The van der Waals surface area contributed by atoms with Gasteiger partial charge >= 0.3 is 0 Å². The van der Waals surface area contributed by atoms with Crippen LogP contribution < -0.4 is 5.32 Å². The minimum atomic E-state index is 0.672. The van der Waals surface area contributed by atoms with E-state index in [0.29, 0.717) is 5.41 Å². The van der Waals surface area contributed by atoms with Crippen molar-refractivity contribution < 1.29 is 0 Å². The first kappa shape index (κ1) is 16.3. The van der Waals surface area contributed by atoms with Crippen molar-refractivity contribution in [2.75, 3.05) is 26.2 Å². The fraction of sp³-hybridized carbons (Fsp3) is 1.00. The molecule has 0 amide bonds. The van der Waals surface area contributed by atoms with Gasteiger partial charge in [0.2, 0.25) is 0 Å². The average molecular weight is 280 g/mol. The molecule has 2 heteroatoms. The van der Waals surface area contributed by atoms with Crippen LogP contribution in [-0.4, -0.2) is 37.1 Å². The highest BCUT2D eigenvalue weighted by Gasteiger charge is 2.30. The van der Waals surface area contributed by atoms with Gasteiger partial charge in [0.1, 0.15) is 0 Å². The summed E-state index contributed by atoms with van der Waals surface area (Å²) in [4.78, 5) is 2.69. The first-order valence-corrected chi connectivity index (χ1v) is 9.24. The van der Waals surface area contributed by atoms with Crippen molar-refractivity contribution in [1.82, 2.24) is 10.2 Å². The van der Waals surface area contributed by atoms with Gasteiger partial charge in [-0.2, -0.15) is 0 Å². The van der Waals surface area contributed by atoms with Crippen LogP contribution in [-0.2, 0) is 0 Å². The van der Waals surface area contributed by atoms with Crippen molar-refractivity contribution in [3.63, 3.8) is 0 Å². The van der Waals surface area contributed by atoms with E-state index in [0.717, 1.165) is 6.04 Å². The van der Waals surface area contributed by atoms with Crippen LogP contribution in [0, 0.1) is 5.41 Å². The third-order valence-electron chi connectivity index (χ3n) is 6.13. The molecule has 2 fully saturated rings. The normalized spacial score (nSPS) is 25.5. The van der Waals surface area contributed by atoms with Crippen LogP contribution in [0.25, 0.3) is 0 Å². The molecule has 0 bridgehead atoms. The van der Waals surface area contributed by atoms with Crippen molar-refractivity contribution in [3.05, 3.63) is 0 Å². The number of piperidine rings is 1. The summed E-state index contributed by atoms with van der Waals surface area (Å²) < 4.78 is 0. The third kappa shape index (κ3) is 4.73. The van der Waals surface area contributed by atoms with E-state index in [1.807, 2.05) is 0 Å². The van der Waals surface area contributed by atoms with E-state index < -0.39 is 0 Å². The fourth-order valence-electron chi connectivity index (χ4n) is 4.12. The molecule has 1 heterocycles. The molecular formula is C18H36N2. The quantitative estimate of drug-likeness (QED) is 0.734. The number of nitrogens with one attached hydrogen (secondary N) is 1. The van der Waals surface area contributed by atoms with Crippen LogP contribution >= 0.6 is 0 Å². The van der Waals surface area contributed by atoms with E-state index in [9.17, 15) is 0 Å². The van der Waals surface area contributed by atoms with Gasteiger partial charge in [-0.1, -0.05) is 52.4 Å².